The van der Waals surface area contributed by atoms with Crippen LogP contribution in [0, 0.1) is 0 Å². The van der Waals surface area contributed by atoms with Gasteiger partial charge in [0.05, 0.1) is 34.3 Å². The first-order valence-corrected chi connectivity index (χ1v) is 11.0. The fourth-order valence-corrected chi connectivity index (χ4v) is 4.58. The Bertz CT molecular complexity index is 907. The van der Waals surface area contributed by atoms with Gasteiger partial charge in [0.25, 0.3) is 0 Å². The van der Waals surface area contributed by atoms with Crippen LogP contribution in [0.1, 0.15) is 15.3 Å². The lowest BCUT2D eigenvalue weighted by Gasteiger charge is -2.23. The van der Waals surface area contributed by atoms with Crippen molar-refractivity contribution in [1.82, 2.24) is 4.90 Å². The van der Waals surface area contributed by atoms with Gasteiger partial charge in [0.15, 0.2) is 11.5 Å². The van der Waals surface area contributed by atoms with Gasteiger partial charge < -0.3 is 19.1 Å². The molecule has 0 N–H and O–H groups in total. The van der Waals surface area contributed by atoms with E-state index in [1.165, 1.54) is 9.75 Å². The van der Waals surface area contributed by atoms with Crippen LogP contribution in [0.3, 0.4) is 0 Å². The van der Waals surface area contributed by atoms with E-state index >= 15 is 0 Å². The molecule has 154 valence electrons. The van der Waals surface area contributed by atoms with Gasteiger partial charge in [-0.1, -0.05) is 18.2 Å². The molecule has 0 spiro atoms. The van der Waals surface area contributed by atoms with Gasteiger partial charge in [-0.05, 0) is 35.4 Å². The van der Waals surface area contributed by atoms with Crippen LogP contribution in [0.2, 0.25) is 0 Å². The molecule has 0 bridgehead atoms. The molecule has 3 rings (SSSR count). The highest BCUT2D eigenvalue weighted by molar-refractivity contribution is 7.10. The number of thiophene rings is 2. The highest BCUT2D eigenvalue weighted by atomic mass is 32.1. The molecule has 7 heteroatoms. The number of hydrogen-bond acceptors (Lipinski definition) is 6. The molecule has 3 aromatic rings. The standard InChI is InChI=1S/C22H25NO4S2/c1-25-19-9-8-16(21(26-2)22(19)27-3)14-20(24)23(15-18-7-5-13-29-18)11-10-17-6-4-12-28-17/h4-9,12-13H,10-11,14-15H2,1-3H3. The number of ether oxygens (including phenoxy) is 3. The van der Waals surface area contributed by atoms with Crippen LogP contribution in [0.25, 0.3) is 0 Å². The van der Waals surface area contributed by atoms with Crippen molar-refractivity contribution in [2.75, 3.05) is 27.9 Å². The molecule has 0 aliphatic rings. The van der Waals surface area contributed by atoms with Crippen molar-refractivity contribution in [3.63, 3.8) is 0 Å². The Morgan fingerprint density at radius 1 is 0.897 bits per heavy atom. The number of hydrogen-bond donors (Lipinski definition) is 0. The number of amides is 1. The Morgan fingerprint density at radius 2 is 1.59 bits per heavy atom. The summed E-state index contributed by atoms with van der Waals surface area (Å²) >= 11 is 3.38. The van der Waals surface area contributed by atoms with Crippen LogP contribution in [0.5, 0.6) is 17.2 Å². The molecule has 0 radical (unpaired) electrons. The van der Waals surface area contributed by atoms with Crippen molar-refractivity contribution >= 4 is 28.6 Å². The minimum absolute atomic E-state index is 0.0560. The highest BCUT2D eigenvalue weighted by Crippen LogP contribution is 2.40. The molecule has 0 aliphatic heterocycles. The summed E-state index contributed by atoms with van der Waals surface area (Å²) in [6.07, 6.45) is 1.08. The maximum atomic E-state index is 13.2. The van der Waals surface area contributed by atoms with Gasteiger partial charge in [-0.15, -0.1) is 22.7 Å². The van der Waals surface area contributed by atoms with E-state index in [1.807, 2.05) is 28.5 Å². The second kappa shape index (κ2) is 10.3. The lowest BCUT2D eigenvalue weighted by molar-refractivity contribution is -0.131. The summed E-state index contributed by atoms with van der Waals surface area (Å²) in [6, 6.07) is 11.9. The predicted octanol–water partition coefficient (Wildman–Crippen LogP) is 4.65. The fourth-order valence-electron chi connectivity index (χ4n) is 3.16. The number of benzene rings is 1. The van der Waals surface area contributed by atoms with E-state index in [0.29, 0.717) is 30.3 Å². The van der Waals surface area contributed by atoms with Crippen molar-refractivity contribution < 1.29 is 19.0 Å². The number of carbonyl (C=O) groups is 1. The summed E-state index contributed by atoms with van der Waals surface area (Å²) in [4.78, 5) is 17.6. The molecule has 0 saturated carbocycles. The highest BCUT2D eigenvalue weighted by Gasteiger charge is 2.21. The van der Waals surface area contributed by atoms with Crippen LogP contribution in [0.4, 0.5) is 0 Å². The smallest absolute Gasteiger partial charge is 0.227 e. The topological polar surface area (TPSA) is 48.0 Å². The van der Waals surface area contributed by atoms with E-state index in [1.54, 1.807) is 50.1 Å². The number of carbonyl (C=O) groups excluding carboxylic acids is 1. The van der Waals surface area contributed by atoms with E-state index in [2.05, 4.69) is 17.5 Å². The van der Waals surface area contributed by atoms with Gasteiger partial charge in [-0.2, -0.15) is 0 Å². The van der Waals surface area contributed by atoms with E-state index < -0.39 is 0 Å². The molecule has 0 unspecified atom stereocenters. The summed E-state index contributed by atoms with van der Waals surface area (Å²) in [5.41, 5.74) is 0.780. The van der Waals surface area contributed by atoms with Crippen molar-refractivity contribution in [2.45, 2.75) is 19.4 Å². The third-order valence-electron chi connectivity index (χ3n) is 4.62. The monoisotopic (exact) mass is 431 g/mol. The molecule has 29 heavy (non-hydrogen) atoms. The Balaban J connectivity index is 1.79. The molecule has 2 heterocycles. The van der Waals surface area contributed by atoms with Crippen LogP contribution in [0.15, 0.2) is 47.2 Å². The number of methoxy groups -OCH3 is 3. The molecular weight excluding hydrogens is 406 g/mol. The second-order valence-electron chi connectivity index (χ2n) is 6.39. The third kappa shape index (κ3) is 5.31. The molecule has 5 nitrogen and oxygen atoms in total. The maximum Gasteiger partial charge on any atom is 0.227 e. The van der Waals surface area contributed by atoms with E-state index in [9.17, 15) is 4.79 Å². The maximum absolute atomic E-state index is 13.2. The number of rotatable bonds is 10. The zero-order chi connectivity index (χ0) is 20.6. The normalized spacial score (nSPS) is 10.6. The third-order valence-corrected chi connectivity index (χ3v) is 6.41. The Morgan fingerprint density at radius 3 is 2.17 bits per heavy atom. The van der Waals surface area contributed by atoms with Crippen LogP contribution >= 0.6 is 22.7 Å². The molecule has 1 aromatic carbocycles. The lowest BCUT2D eigenvalue weighted by atomic mass is 10.1. The summed E-state index contributed by atoms with van der Waals surface area (Å²) < 4.78 is 16.3. The summed E-state index contributed by atoms with van der Waals surface area (Å²) in [7, 11) is 4.72. The zero-order valence-corrected chi connectivity index (χ0v) is 18.5. The molecule has 0 atom stereocenters. The molecule has 2 aromatic heterocycles. The van der Waals surface area contributed by atoms with Gasteiger partial charge in [-0.25, -0.2) is 0 Å². The van der Waals surface area contributed by atoms with Gasteiger partial charge >= 0.3 is 0 Å². The predicted molar refractivity (Wildman–Crippen MR) is 118 cm³/mol. The average Bonchev–Trinajstić information content (AvgIpc) is 3.44. The lowest BCUT2D eigenvalue weighted by Crippen LogP contribution is -2.33. The van der Waals surface area contributed by atoms with E-state index in [-0.39, 0.29) is 12.3 Å². The average molecular weight is 432 g/mol. The Kier molecular flexibility index (Phi) is 7.55. The molecular formula is C22H25NO4S2. The Labute approximate surface area is 179 Å². The van der Waals surface area contributed by atoms with Gasteiger partial charge in [0.2, 0.25) is 11.7 Å². The van der Waals surface area contributed by atoms with E-state index in [0.717, 1.165) is 12.0 Å². The fraction of sp³-hybridized carbons (Fsp3) is 0.318. The molecule has 0 fully saturated rings. The summed E-state index contributed by atoms with van der Waals surface area (Å²) in [5, 5.41) is 4.10. The Hall–Kier alpha value is -2.51. The van der Waals surface area contributed by atoms with Crippen molar-refractivity contribution in [3.05, 3.63) is 62.5 Å². The van der Waals surface area contributed by atoms with Gasteiger partial charge in [-0.3, -0.25) is 4.79 Å². The quantitative estimate of drug-likeness (QED) is 0.469. The summed E-state index contributed by atoms with van der Waals surface area (Å²) in [6.45, 7) is 1.28. The van der Waals surface area contributed by atoms with Crippen LogP contribution in [-0.2, 0) is 24.2 Å². The summed E-state index contributed by atoms with van der Waals surface area (Å²) in [5.74, 6) is 1.67. The first kappa shape index (κ1) is 21.2. The van der Waals surface area contributed by atoms with Crippen molar-refractivity contribution in [2.24, 2.45) is 0 Å². The SMILES string of the molecule is COc1ccc(CC(=O)N(CCc2cccs2)Cc2cccs2)c(OC)c1OC. The van der Waals surface area contributed by atoms with Crippen LogP contribution in [-0.4, -0.2) is 38.7 Å². The largest absolute Gasteiger partial charge is 0.493 e. The minimum Gasteiger partial charge on any atom is -0.493 e. The molecule has 1 amide bonds. The minimum atomic E-state index is 0.0560. The van der Waals surface area contributed by atoms with Crippen molar-refractivity contribution in [1.29, 1.82) is 0 Å². The zero-order valence-electron chi connectivity index (χ0n) is 16.8. The first-order valence-electron chi connectivity index (χ1n) is 9.26. The van der Waals surface area contributed by atoms with Gasteiger partial charge in [0, 0.05) is 21.9 Å². The van der Waals surface area contributed by atoms with Crippen molar-refractivity contribution in [3.8, 4) is 17.2 Å². The molecule has 0 saturated heterocycles. The molecule has 0 aliphatic carbocycles. The van der Waals surface area contributed by atoms with E-state index in [4.69, 9.17) is 14.2 Å². The second-order valence-corrected chi connectivity index (χ2v) is 8.46. The van der Waals surface area contributed by atoms with Crippen LogP contribution < -0.4 is 14.2 Å². The van der Waals surface area contributed by atoms with Gasteiger partial charge in [0.1, 0.15) is 0 Å². The number of nitrogens with zero attached hydrogens (tertiary/aromatic N) is 1. The first-order chi connectivity index (χ1) is 14.2.